The van der Waals surface area contributed by atoms with Gasteiger partial charge in [-0.1, -0.05) is 162 Å². The molecule has 0 aromatic carbocycles. The number of phosphoric ester groups is 1. The first-order valence-electron chi connectivity index (χ1n) is 22.9. The SMILES string of the molecule is CC/C=C/C/C=C/C/C=C/C/C=C/C/C=C/CCCC(=O)O[C@H](COC(=O)CCC/C=C/C/C=C/C/C=C/C/C=C/CCCCCCCCC)COP(=O)(O)OC[C@H](N)C(=O)O. The smallest absolute Gasteiger partial charge is 0.472 e. The molecule has 1 unspecified atom stereocenters. The van der Waals surface area contributed by atoms with Gasteiger partial charge in [-0.25, -0.2) is 4.57 Å². The van der Waals surface area contributed by atoms with Crippen molar-refractivity contribution in [1.82, 2.24) is 0 Å². The molecule has 0 bridgehead atoms. The second-order valence-electron chi connectivity index (χ2n) is 14.8. The summed E-state index contributed by atoms with van der Waals surface area (Å²) in [6.45, 7) is 2.56. The third-order valence-electron chi connectivity index (χ3n) is 9.00. The monoisotopic (exact) mass is 886 g/mol. The highest BCUT2D eigenvalue weighted by molar-refractivity contribution is 7.47. The Morgan fingerprint density at radius 3 is 1.35 bits per heavy atom. The highest BCUT2D eigenvalue weighted by Crippen LogP contribution is 2.43. The molecular weight excluding hydrogens is 806 g/mol. The second kappa shape index (κ2) is 43.8. The fraction of sp³-hybridized carbons (Fsp3) is 0.580. The summed E-state index contributed by atoms with van der Waals surface area (Å²) >= 11 is 0. The summed E-state index contributed by atoms with van der Waals surface area (Å²) in [5.74, 6) is -2.54. The standard InChI is InChI=1S/C50H80NO10P/c1-3-5-7-9-11-13-15-17-19-21-22-23-24-26-27-29-31-33-35-37-39-41-48(52)58-43-46(44-59-62(56,57)60-45-47(51)50(54)55)61-49(53)42-40-38-36-34-32-30-28-25-20-18-16-14-12-10-8-6-4-2/h6,8,12,14,18-21,23-24,27-30,33-36,46-47H,3-5,7,9-11,13,15-17,22,25-26,31-32,37-45,51H2,1-2H3,(H,54,55)(H,56,57)/b8-6+,14-12+,20-18+,21-19+,24-23+,29-27+,30-28+,35-33+,36-34+/t46-,47+/m1/s1. The van der Waals surface area contributed by atoms with Gasteiger partial charge >= 0.3 is 25.7 Å². The van der Waals surface area contributed by atoms with Crippen LogP contribution < -0.4 is 5.73 Å². The van der Waals surface area contributed by atoms with Gasteiger partial charge in [0.15, 0.2) is 6.10 Å². The minimum atomic E-state index is -4.75. The van der Waals surface area contributed by atoms with E-state index in [4.69, 9.17) is 24.8 Å². The van der Waals surface area contributed by atoms with Crippen molar-refractivity contribution in [2.24, 2.45) is 5.73 Å². The lowest BCUT2D eigenvalue weighted by Crippen LogP contribution is -2.34. The van der Waals surface area contributed by atoms with Crippen LogP contribution in [0.5, 0.6) is 0 Å². The summed E-state index contributed by atoms with van der Waals surface area (Å²) < 4.78 is 32.6. The fourth-order valence-electron chi connectivity index (χ4n) is 5.44. The van der Waals surface area contributed by atoms with Crippen molar-refractivity contribution in [3.8, 4) is 0 Å². The van der Waals surface area contributed by atoms with Gasteiger partial charge in [0.25, 0.3) is 0 Å². The molecule has 0 rings (SSSR count). The number of carbonyl (C=O) groups excluding carboxylic acids is 2. The number of rotatable bonds is 41. The predicted molar refractivity (Wildman–Crippen MR) is 253 cm³/mol. The average Bonchev–Trinajstić information content (AvgIpc) is 3.25. The van der Waals surface area contributed by atoms with Crippen LogP contribution in [0.4, 0.5) is 0 Å². The van der Waals surface area contributed by atoms with E-state index in [1.807, 2.05) is 24.3 Å². The molecule has 4 N–H and O–H groups in total. The minimum Gasteiger partial charge on any atom is -0.480 e. The van der Waals surface area contributed by atoms with Gasteiger partial charge in [0.05, 0.1) is 13.2 Å². The Labute approximate surface area is 374 Å². The van der Waals surface area contributed by atoms with Crippen LogP contribution in [-0.2, 0) is 37.5 Å². The van der Waals surface area contributed by atoms with E-state index in [1.165, 1.54) is 51.4 Å². The maximum absolute atomic E-state index is 12.6. The number of allylic oxidation sites excluding steroid dienone is 18. The third-order valence-corrected chi connectivity index (χ3v) is 9.96. The van der Waals surface area contributed by atoms with E-state index < -0.39 is 57.7 Å². The molecule has 0 heterocycles. The Morgan fingerprint density at radius 1 is 0.516 bits per heavy atom. The van der Waals surface area contributed by atoms with Gasteiger partial charge in [-0.3, -0.25) is 23.4 Å². The van der Waals surface area contributed by atoms with Crippen LogP contribution in [0.2, 0.25) is 0 Å². The number of carboxylic acids is 1. The van der Waals surface area contributed by atoms with E-state index in [9.17, 15) is 23.8 Å². The van der Waals surface area contributed by atoms with Crippen LogP contribution in [0, 0.1) is 0 Å². The second-order valence-corrected chi connectivity index (χ2v) is 16.2. The van der Waals surface area contributed by atoms with Crippen molar-refractivity contribution in [1.29, 1.82) is 0 Å². The van der Waals surface area contributed by atoms with Crippen molar-refractivity contribution in [2.45, 2.75) is 167 Å². The summed E-state index contributed by atoms with van der Waals surface area (Å²) in [4.78, 5) is 46.0. The zero-order chi connectivity index (χ0) is 45.6. The molecule has 0 aromatic heterocycles. The summed E-state index contributed by atoms with van der Waals surface area (Å²) in [6.07, 6.45) is 57.4. The molecule has 0 amide bonds. The maximum Gasteiger partial charge on any atom is 0.472 e. The lowest BCUT2D eigenvalue weighted by atomic mass is 10.1. The molecule has 0 aliphatic heterocycles. The number of ether oxygens (including phenoxy) is 2. The summed E-state index contributed by atoms with van der Waals surface area (Å²) in [6, 6.07) is -1.54. The van der Waals surface area contributed by atoms with Crippen LogP contribution in [0.3, 0.4) is 0 Å². The fourth-order valence-corrected chi connectivity index (χ4v) is 6.22. The van der Waals surface area contributed by atoms with Crippen molar-refractivity contribution >= 4 is 25.7 Å². The average molecular weight is 886 g/mol. The van der Waals surface area contributed by atoms with Crippen molar-refractivity contribution in [3.63, 3.8) is 0 Å². The number of carboxylic acid groups (broad SMARTS) is 1. The van der Waals surface area contributed by atoms with Crippen LogP contribution in [-0.4, -0.2) is 59.9 Å². The Bertz CT molecular complexity index is 1460. The zero-order valence-electron chi connectivity index (χ0n) is 37.9. The van der Waals surface area contributed by atoms with E-state index in [-0.39, 0.29) is 12.8 Å². The maximum atomic E-state index is 12.6. The van der Waals surface area contributed by atoms with Gasteiger partial charge in [-0.15, -0.1) is 0 Å². The van der Waals surface area contributed by atoms with Crippen molar-refractivity contribution < 1.29 is 47.5 Å². The first-order chi connectivity index (χ1) is 30.1. The quantitative estimate of drug-likeness (QED) is 0.0231. The zero-order valence-corrected chi connectivity index (χ0v) is 38.8. The Kier molecular flexibility index (Phi) is 41.0. The Hall–Kier alpha value is -3.86. The number of hydrogen-bond acceptors (Lipinski definition) is 9. The van der Waals surface area contributed by atoms with E-state index in [0.29, 0.717) is 25.7 Å². The number of phosphoric acid groups is 1. The molecular formula is C50H80NO10P. The molecule has 62 heavy (non-hydrogen) atoms. The van der Waals surface area contributed by atoms with Gasteiger partial charge in [0, 0.05) is 12.8 Å². The van der Waals surface area contributed by atoms with Crippen LogP contribution in [0.1, 0.15) is 155 Å². The molecule has 0 aromatic rings. The topological polar surface area (TPSA) is 172 Å². The summed E-state index contributed by atoms with van der Waals surface area (Å²) in [5.41, 5.74) is 5.33. The predicted octanol–water partition coefficient (Wildman–Crippen LogP) is 12.6. The van der Waals surface area contributed by atoms with Crippen LogP contribution in [0.25, 0.3) is 0 Å². The largest absolute Gasteiger partial charge is 0.480 e. The Balaban J connectivity index is 4.53. The minimum absolute atomic E-state index is 0.0643. The highest BCUT2D eigenvalue weighted by atomic mass is 31.2. The van der Waals surface area contributed by atoms with Crippen LogP contribution in [0.15, 0.2) is 109 Å². The van der Waals surface area contributed by atoms with Gasteiger partial charge in [-0.05, 0) is 89.9 Å². The van der Waals surface area contributed by atoms with E-state index >= 15 is 0 Å². The summed E-state index contributed by atoms with van der Waals surface area (Å²) in [7, 11) is -4.75. The van der Waals surface area contributed by atoms with Crippen molar-refractivity contribution in [2.75, 3.05) is 19.8 Å². The molecule has 12 heteroatoms. The molecule has 11 nitrogen and oxygen atoms in total. The number of aliphatic carboxylic acids is 1. The first kappa shape index (κ1) is 58.1. The van der Waals surface area contributed by atoms with E-state index in [1.54, 1.807) is 0 Å². The molecule has 350 valence electrons. The van der Waals surface area contributed by atoms with Gasteiger partial charge in [0.1, 0.15) is 12.6 Å². The molecule has 0 aliphatic carbocycles. The molecule has 0 radical (unpaired) electrons. The summed E-state index contributed by atoms with van der Waals surface area (Å²) in [5, 5.41) is 8.90. The lowest BCUT2D eigenvalue weighted by Gasteiger charge is -2.20. The lowest BCUT2D eigenvalue weighted by molar-refractivity contribution is -0.161. The number of nitrogens with two attached hydrogens (primary N) is 1. The third kappa shape index (κ3) is 42.8. The molecule has 0 saturated carbocycles. The number of esters is 2. The molecule has 0 aliphatic rings. The molecule has 0 spiro atoms. The van der Waals surface area contributed by atoms with Crippen LogP contribution >= 0.6 is 7.82 Å². The first-order valence-corrected chi connectivity index (χ1v) is 24.4. The van der Waals surface area contributed by atoms with E-state index in [2.05, 4.69) is 103 Å². The normalized spacial score (nSPS) is 14.6. The van der Waals surface area contributed by atoms with E-state index in [0.717, 1.165) is 51.4 Å². The Morgan fingerprint density at radius 2 is 0.903 bits per heavy atom. The molecule has 0 fully saturated rings. The van der Waals surface area contributed by atoms with Gasteiger partial charge in [0.2, 0.25) is 0 Å². The van der Waals surface area contributed by atoms with Gasteiger partial charge < -0.3 is 25.2 Å². The van der Waals surface area contributed by atoms with Crippen molar-refractivity contribution in [3.05, 3.63) is 109 Å². The molecule has 0 saturated heterocycles. The molecule has 3 atom stereocenters. The number of hydrogen-bond donors (Lipinski definition) is 3. The number of carbonyl (C=O) groups is 3. The number of unbranched alkanes of at least 4 members (excludes halogenated alkanes) is 9. The highest BCUT2D eigenvalue weighted by Gasteiger charge is 2.28. The van der Waals surface area contributed by atoms with Gasteiger partial charge in [-0.2, -0.15) is 0 Å².